The first-order chi connectivity index (χ1) is 9.75. The van der Waals surface area contributed by atoms with Crippen LogP contribution < -0.4 is 10.2 Å². The van der Waals surface area contributed by atoms with Crippen LogP contribution in [0.4, 0.5) is 4.39 Å². The van der Waals surface area contributed by atoms with Gasteiger partial charge in [-0.1, -0.05) is 13.3 Å². The van der Waals surface area contributed by atoms with E-state index >= 15 is 0 Å². The van der Waals surface area contributed by atoms with E-state index < -0.39 is 18.3 Å². The van der Waals surface area contributed by atoms with Crippen LogP contribution >= 0.6 is 0 Å². The van der Waals surface area contributed by atoms with Gasteiger partial charge in [-0.2, -0.15) is 0 Å². The van der Waals surface area contributed by atoms with Crippen molar-refractivity contribution in [2.45, 2.75) is 58.7 Å². The van der Waals surface area contributed by atoms with E-state index in [1.54, 1.807) is 6.07 Å². The summed E-state index contributed by atoms with van der Waals surface area (Å²) < 4.78 is 31.2. The van der Waals surface area contributed by atoms with E-state index in [9.17, 15) is 4.39 Å². The topological polar surface area (TPSA) is 27.7 Å². The summed E-state index contributed by atoms with van der Waals surface area (Å²) in [5, 5.41) is 0. The van der Waals surface area contributed by atoms with Crippen LogP contribution in [-0.4, -0.2) is 24.9 Å². The van der Waals surface area contributed by atoms with E-state index in [-0.39, 0.29) is 5.82 Å². The maximum absolute atomic E-state index is 13.8. The van der Waals surface area contributed by atoms with Crippen molar-refractivity contribution in [3.05, 3.63) is 24.0 Å². The van der Waals surface area contributed by atoms with E-state index in [0.29, 0.717) is 17.8 Å². The Labute approximate surface area is 126 Å². The van der Waals surface area contributed by atoms with Gasteiger partial charge in [0, 0.05) is 6.07 Å². The number of hydrogen-bond donors (Lipinski definition) is 0. The number of ether oxygens (including phenoxy) is 1. The van der Waals surface area contributed by atoms with E-state index in [1.807, 2.05) is 27.7 Å². The van der Waals surface area contributed by atoms with Crippen molar-refractivity contribution in [2.24, 2.45) is 0 Å². The fraction of sp³-hybridized carbons (Fsp3) is 0.625. The maximum atomic E-state index is 13.8. The molecule has 0 atom stereocenters. The molecular formula is C16H24BFO3. The van der Waals surface area contributed by atoms with Crippen LogP contribution in [0, 0.1) is 5.82 Å². The van der Waals surface area contributed by atoms with Crippen molar-refractivity contribution >= 4 is 12.6 Å². The van der Waals surface area contributed by atoms with Crippen LogP contribution in [0.2, 0.25) is 0 Å². The summed E-state index contributed by atoms with van der Waals surface area (Å²) in [6, 6.07) is 4.63. The van der Waals surface area contributed by atoms with E-state index in [0.717, 1.165) is 12.8 Å². The summed E-state index contributed by atoms with van der Waals surface area (Å²) in [6.07, 6.45) is 1.99. The third-order valence-electron chi connectivity index (χ3n) is 4.19. The predicted octanol–water partition coefficient (Wildman–Crippen LogP) is 3.30. The van der Waals surface area contributed by atoms with Gasteiger partial charge in [0.2, 0.25) is 0 Å². The summed E-state index contributed by atoms with van der Waals surface area (Å²) in [4.78, 5) is 0. The minimum Gasteiger partial charge on any atom is -0.494 e. The van der Waals surface area contributed by atoms with Gasteiger partial charge in [-0.15, -0.1) is 0 Å². The van der Waals surface area contributed by atoms with Crippen molar-refractivity contribution in [1.29, 1.82) is 0 Å². The molecule has 1 aliphatic rings. The van der Waals surface area contributed by atoms with Crippen LogP contribution in [-0.2, 0) is 9.31 Å². The molecule has 0 amide bonds. The molecule has 0 radical (unpaired) electrons. The number of benzene rings is 1. The average Bonchev–Trinajstić information content (AvgIpc) is 2.58. The lowest BCUT2D eigenvalue weighted by Gasteiger charge is -2.32. The molecule has 5 heteroatoms. The Balaban J connectivity index is 2.17. The Kier molecular flexibility index (Phi) is 4.64. The Bertz CT molecular complexity index is 486. The predicted molar refractivity (Wildman–Crippen MR) is 82.5 cm³/mol. The molecule has 1 saturated heterocycles. The first kappa shape index (κ1) is 16.3. The van der Waals surface area contributed by atoms with Gasteiger partial charge in [0.25, 0.3) is 0 Å². The van der Waals surface area contributed by atoms with E-state index in [4.69, 9.17) is 14.0 Å². The molecule has 3 nitrogen and oxygen atoms in total. The molecule has 0 aromatic heterocycles. The summed E-state index contributed by atoms with van der Waals surface area (Å²) in [7, 11) is -0.570. The van der Waals surface area contributed by atoms with Gasteiger partial charge < -0.3 is 14.0 Å². The third-order valence-corrected chi connectivity index (χ3v) is 4.19. The van der Waals surface area contributed by atoms with Crippen LogP contribution in [0.3, 0.4) is 0 Å². The summed E-state index contributed by atoms with van der Waals surface area (Å²) >= 11 is 0. The standard InChI is InChI=1S/C16H24BFO3/c1-6-7-8-19-14-10-12(9-13(18)11-14)17-20-15(2,3)16(4,5)21-17/h9-11H,6-8H2,1-5H3. The van der Waals surface area contributed by atoms with Crippen LogP contribution in [0.25, 0.3) is 0 Å². The fourth-order valence-electron chi connectivity index (χ4n) is 2.12. The smallest absolute Gasteiger partial charge is 0.494 e. The Hall–Kier alpha value is -1.07. The lowest BCUT2D eigenvalue weighted by molar-refractivity contribution is 0.00578. The molecule has 21 heavy (non-hydrogen) atoms. The highest BCUT2D eigenvalue weighted by molar-refractivity contribution is 6.62. The minimum absolute atomic E-state index is 0.339. The molecular weight excluding hydrogens is 270 g/mol. The highest BCUT2D eigenvalue weighted by Gasteiger charge is 2.51. The molecule has 0 spiro atoms. The second kappa shape index (κ2) is 5.97. The second-order valence-electron chi connectivity index (χ2n) is 6.51. The van der Waals surface area contributed by atoms with E-state index in [1.165, 1.54) is 12.1 Å². The number of halogens is 1. The van der Waals surface area contributed by atoms with Crippen LogP contribution in [0.5, 0.6) is 5.75 Å². The Morgan fingerprint density at radius 1 is 1.10 bits per heavy atom. The molecule has 0 N–H and O–H groups in total. The van der Waals surface area contributed by atoms with Crippen molar-refractivity contribution in [1.82, 2.24) is 0 Å². The monoisotopic (exact) mass is 294 g/mol. The molecule has 116 valence electrons. The van der Waals surface area contributed by atoms with E-state index in [2.05, 4.69) is 6.92 Å². The SMILES string of the molecule is CCCCOc1cc(F)cc(B2OC(C)(C)C(C)(C)O2)c1. The van der Waals surface area contributed by atoms with Crippen LogP contribution in [0.15, 0.2) is 18.2 Å². The normalized spacial score (nSPS) is 19.8. The lowest BCUT2D eigenvalue weighted by Crippen LogP contribution is -2.41. The molecule has 1 heterocycles. The average molecular weight is 294 g/mol. The number of rotatable bonds is 5. The molecule has 1 aromatic carbocycles. The number of unbranched alkanes of at least 4 members (excludes halogenated alkanes) is 1. The zero-order valence-electron chi connectivity index (χ0n) is 13.5. The van der Waals surface area contributed by atoms with Crippen molar-refractivity contribution < 1.29 is 18.4 Å². The zero-order chi connectivity index (χ0) is 15.7. The molecule has 0 bridgehead atoms. The maximum Gasteiger partial charge on any atom is 0.495 e. The van der Waals surface area contributed by atoms with Crippen molar-refractivity contribution in [3.63, 3.8) is 0 Å². The summed E-state index contributed by atoms with van der Waals surface area (Å²) in [6.45, 7) is 10.6. The van der Waals surface area contributed by atoms with Crippen molar-refractivity contribution in [2.75, 3.05) is 6.61 Å². The quantitative estimate of drug-likeness (QED) is 0.616. The second-order valence-corrected chi connectivity index (χ2v) is 6.51. The van der Waals surface area contributed by atoms with Gasteiger partial charge in [0.05, 0.1) is 17.8 Å². The third kappa shape index (κ3) is 3.58. The summed E-state index contributed by atoms with van der Waals surface area (Å²) in [5.74, 6) is 0.182. The molecule has 1 aliphatic heterocycles. The zero-order valence-corrected chi connectivity index (χ0v) is 13.5. The molecule has 1 aromatic rings. The summed E-state index contributed by atoms with van der Waals surface area (Å²) in [5.41, 5.74) is -0.222. The largest absolute Gasteiger partial charge is 0.495 e. The van der Waals surface area contributed by atoms with Crippen LogP contribution in [0.1, 0.15) is 47.5 Å². The Morgan fingerprint density at radius 3 is 2.29 bits per heavy atom. The molecule has 0 unspecified atom stereocenters. The minimum atomic E-state index is -0.570. The van der Waals surface area contributed by atoms with Gasteiger partial charge in [-0.3, -0.25) is 0 Å². The van der Waals surface area contributed by atoms with Gasteiger partial charge in [0.1, 0.15) is 11.6 Å². The fourth-order valence-corrected chi connectivity index (χ4v) is 2.12. The van der Waals surface area contributed by atoms with Gasteiger partial charge in [0.15, 0.2) is 0 Å². The van der Waals surface area contributed by atoms with Gasteiger partial charge in [-0.05, 0) is 51.7 Å². The number of hydrogen-bond acceptors (Lipinski definition) is 3. The Morgan fingerprint density at radius 2 is 1.71 bits per heavy atom. The highest BCUT2D eigenvalue weighted by atomic mass is 19.1. The molecule has 1 fully saturated rings. The molecule has 0 saturated carbocycles. The lowest BCUT2D eigenvalue weighted by atomic mass is 9.79. The van der Waals surface area contributed by atoms with Gasteiger partial charge >= 0.3 is 7.12 Å². The molecule has 0 aliphatic carbocycles. The van der Waals surface area contributed by atoms with Gasteiger partial charge in [-0.25, -0.2) is 4.39 Å². The highest BCUT2D eigenvalue weighted by Crippen LogP contribution is 2.36. The first-order valence-corrected chi connectivity index (χ1v) is 7.54. The first-order valence-electron chi connectivity index (χ1n) is 7.54. The van der Waals surface area contributed by atoms with Crippen molar-refractivity contribution in [3.8, 4) is 5.75 Å². The molecule has 2 rings (SSSR count).